The normalized spacial score (nSPS) is 28.4. The first-order valence-corrected chi connectivity index (χ1v) is 8.80. The Kier molecular flexibility index (Phi) is 3.57. The van der Waals surface area contributed by atoms with Gasteiger partial charge in [0, 0.05) is 28.4 Å². The Morgan fingerprint density at radius 3 is 2.82 bits per heavy atom. The average molecular weight is 362 g/mol. The van der Waals surface area contributed by atoms with Gasteiger partial charge in [-0.3, -0.25) is 9.89 Å². The van der Waals surface area contributed by atoms with Crippen molar-refractivity contribution >= 4 is 32.6 Å². The lowest BCUT2D eigenvalue weighted by atomic mass is 9.86. The van der Waals surface area contributed by atoms with Gasteiger partial charge in [0.2, 0.25) is 0 Å². The highest BCUT2D eigenvalue weighted by Crippen LogP contribution is 2.39. The molecule has 2 atom stereocenters. The molecule has 4 nitrogen and oxygen atoms in total. The van der Waals surface area contributed by atoms with Gasteiger partial charge in [-0.05, 0) is 56.8 Å². The molecule has 116 valence electrons. The van der Waals surface area contributed by atoms with Crippen molar-refractivity contribution in [3.05, 3.63) is 28.4 Å². The molecule has 2 aliphatic heterocycles. The van der Waals surface area contributed by atoms with Gasteiger partial charge in [-0.2, -0.15) is 5.10 Å². The predicted octanol–water partition coefficient (Wildman–Crippen LogP) is 3.77. The molecule has 2 fully saturated rings. The molecule has 0 saturated carbocycles. The van der Waals surface area contributed by atoms with Crippen LogP contribution in [0.5, 0.6) is 0 Å². The average Bonchev–Trinajstić information content (AvgIpc) is 2.97. The molecule has 0 aliphatic carbocycles. The molecule has 0 radical (unpaired) electrons. The molecule has 0 spiro atoms. The number of carbonyl (C=O) groups excluding carboxylic acids is 1. The zero-order valence-corrected chi connectivity index (χ0v) is 14.3. The number of rotatable bonds is 3. The van der Waals surface area contributed by atoms with Gasteiger partial charge in [-0.1, -0.05) is 15.9 Å². The van der Waals surface area contributed by atoms with Crippen LogP contribution in [-0.2, 0) is 0 Å². The number of Topliss-reactive ketones (excluding diaryl/α,β-unsaturated/α-hetero) is 1. The summed E-state index contributed by atoms with van der Waals surface area (Å²) in [4.78, 5) is 15.2. The first-order chi connectivity index (χ1) is 10.6. The molecule has 0 amide bonds. The van der Waals surface area contributed by atoms with Crippen LogP contribution in [0.2, 0.25) is 0 Å². The number of halogens is 1. The van der Waals surface area contributed by atoms with Crippen LogP contribution >= 0.6 is 15.9 Å². The van der Waals surface area contributed by atoms with E-state index < -0.39 is 0 Å². The number of nitrogens with one attached hydrogen (secondary N) is 1. The Morgan fingerprint density at radius 1 is 1.36 bits per heavy atom. The van der Waals surface area contributed by atoms with Crippen LogP contribution in [0.25, 0.3) is 10.9 Å². The molecule has 2 aromatic rings. The van der Waals surface area contributed by atoms with E-state index in [-0.39, 0.29) is 5.78 Å². The molecule has 1 aromatic carbocycles. The van der Waals surface area contributed by atoms with E-state index in [4.69, 9.17) is 0 Å². The van der Waals surface area contributed by atoms with Crippen LogP contribution in [-0.4, -0.2) is 40.0 Å². The van der Waals surface area contributed by atoms with Crippen LogP contribution in [0, 0.1) is 5.92 Å². The number of benzene rings is 1. The number of piperidine rings is 1. The summed E-state index contributed by atoms with van der Waals surface area (Å²) in [6.45, 7) is 0. The maximum atomic E-state index is 12.7. The molecule has 2 unspecified atom stereocenters. The largest absolute Gasteiger partial charge is 0.300 e. The van der Waals surface area contributed by atoms with Crippen LogP contribution in [0.1, 0.15) is 42.6 Å². The van der Waals surface area contributed by atoms with Gasteiger partial charge in [0.05, 0.1) is 5.52 Å². The van der Waals surface area contributed by atoms with E-state index in [1.807, 2.05) is 18.2 Å². The second-order valence-electron chi connectivity index (χ2n) is 6.78. The van der Waals surface area contributed by atoms with E-state index in [2.05, 4.69) is 38.1 Å². The minimum atomic E-state index is 0.179. The zero-order valence-electron chi connectivity index (χ0n) is 12.7. The van der Waals surface area contributed by atoms with Gasteiger partial charge in [0.1, 0.15) is 5.69 Å². The highest BCUT2D eigenvalue weighted by atomic mass is 79.9. The van der Waals surface area contributed by atoms with Crippen molar-refractivity contribution < 1.29 is 4.79 Å². The van der Waals surface area contributed by atoms with E-state index in [1.54, 1.807) is 0 Å². The van der Waals surface area contributed by atoms with E-state index in [0.717, 1.165) is 28.2 Å². The molecule has 1 N–H and O–H groups in total. The van der Waals surface area contributed by atoms with E-state index >= 15 is 0 Å². The third-order valence-electron chi connectivity index (χ3n) is 5.46. The number of nitrogens with zero attached hydrogens (tertiary/aromatic N) is 2. The first kappa shape index (κ1) is 14.4. The number of aromatic amines is 1. The smallest absolute Gasteiger partial charge is 0.183 e. The second-order valence-corrected chi connectivity index (χ2v) is 7.69. The number of ketones is 1. The van der Waals surface area contributed by atoms with E-state index in [9.17, 15) is 4.79 Å². The molecular formula is C17H20BrN3O. The van der Waals surface area contributed by atoms with Crippen molar-refractivity contribution in [3.8, 4) is 0 Å². The summed E-state index contributed by atoms with van der Waals surface area (Å²) in [7, 11) is 2.24. The fourth-order valence-corrected chi connectivity index (χ4v) is 4.61. The molecule has 3 heterocycles. The highest BCUT2D eigenvalue weighted by Gasteiger charge is 2.39. The van der Waals surface area contributed by atoms with E-state index in [1.165, 1.54) is 12.8 Å². The fourth-order valence-electron chi connectivity index (χ4n) is 4.25. The maximum absolute atomic E-state index is 12.7. The number of aromatic nitrogens is 2. The lowest BCUT2D eigenvalue weighted by Crippen LogP contribution is -2.40. The lowest BCUT2D eigenvalue weighted by molar-refractivity contribution is 0.0879. The van der Waals surface area contributed by atoms with Crippen molar-refractivity contribution in [2.45, 2.75) is 44.2 Å². The third kappa shape index (κ3) is 2.40. The SMILES string of the molecule is CN1C2CCC1CC(CC(=O)c1n[nH]c3ccc(Br)cc13)C2. The number of carbonyl (C=O) groups is 1. The van der Waals surface area contributed by atoms with Crippen molar-refractivity contribution in [2.75, 3.05) is 7.05 Å². The van der Waals surface area contributed by atoms with Crippen LogP contribution in [0.3, 0.4) is 0 Å². The standard InChI is InChI=1S/C17H20BrN3O/c1-21-12-3-4-13(21)7-10(6-12)8-16(22)17-14-9-11(18)2-5-15(14)19-20-17/h2,5,9-10,12-13H,3-4,6-8H2,1H3,(H,19,20). The fraction of sp³-hybridized carbons (Fsp3) is 0.529. The summed E-state index contributed by atoms with van der Waals surface area (Å²) in [5.41, 5.74) is 1.53. The first-order valence-electron chi connectivity index (χ1n) is 8.00. The summed E-state index contributed by atoms with van der Waals surface area (Å²) in [5.74, 6) is 0.693. The van der Waals surface area contributed by atoms with Gasteiger partial charge in [-0.25, -0.2) is 0 Å². The summed E-state index contributed by atoms with van der Waals surface area (Å²) in [5, 5.41) is 8.16. The van der Waals surface area contributed by atoms with Gasteiger partial charge < -0.3 is 4.90 Å². The molecular weight excluding hydrogens is 342 g/mol. The summed E-state index contributed by atoms with van der Waals surface area (Å²) < 4.78 is 0.979. The molecule has 2 aliphatic rings. The number of hydrogen-bond acceptors (Lipinski definition) is 3. The molecule has 22 heavy (non-hydrogen) atoms. The Labute approximate surface area is 138 Å². The monoisotopic (exact) mass is 361 g/mol. The molecule has 2 saturated heterocycles. The Bertz CT molecular complexity index is 712. The van der Waals surface area contributed by atoms with E-state index in [0.29, 0.717) is 30.1 Å². The summed E-state index contributed by atoms with van der Waals surface area (Å²) >= 11 is 3.47. The zero-order chi connectivity index (χ0) is 15.3. The summed E-state index contributed by atoms with van der Waals surface area (Å²) in [6.07, 6.45) is 5.54. The van der Waals surface area contributed by atoms with Crippen LogP contribution in [0.4, 0.5) is 0 Å². The minimum absolute atomic E-state index is 0.179. The number of hydrogen-bond donors (Lipinski definition) is 1. The quantitative estimate of drug-likeness (QED) is 0.846. The number of H-pyrrole nitrogens is 1. The third-order valence-corrected chi connectivity index (χ3v) is 5.95. The van der Waals surface area contributed by atoms with Gasteiger partial charge in [0.15, 0.2) is 5.78 Å². The Balaban J connectivity index is 1.53. The van der Waals surface area contributed by atoms with Crippen molar-refractivity contribution in [2.24, 2.45) is 5.92 Å². The molecule has 5 heteroatoms. The number of fused-ring (bicyclic) bond motifs is 3. The highest BCUT2D eigenvalue weighted by molar-refractivity contribution is 9.10. The van der Waals surface area contributed by atoms with Gasteiger partial charge in [0.25, 0.3) is 0 Å². The Morgan fingerprint density at radius 2 is 2.09 bits per heavy atom. The predicted molar refractivity (Wildman–Crippen MR) is 90.0 cm³/mol. The van der Waals surface area contributed by atoms with Crippen molar-refractivity contribution in [1.29, 1.82) is 0 Å². The molecule has 2 bridgehead atoms. The maximum Gasteiger partial charge on any atom is 0.183 e. The van der Waals surface area contributed by atoms with Gasteiger partial charge in [-0.15, -0.1) is 0 Å². The Hall–Kier alpha value is -1.20. The van der Waals surface area contributed by atoms with Crippen molar-refractivity contribution in [1.82, 2.24) is 15.1 Å². The van der Waals surface area contributed by atoms with Crippen molar-refractivity contribution in [3.63, 3.8) is 0 Å². The van der Waals surface area contributed by atoms with Gasteiger partial charge >= 0.3 is 0 Å². The topological polar surface area (TPSA) is 49.0 Å². The second kappa shape index (κ2) is 5.46. The van der Waals surface area contributed by atoms with Crippen LogP contribution in [0.15, 0.2) is 22.7 Å². The summed E-state index contributed by atoms with van der Waals surface area (Å²) in [6, 6.07) is 7.26. The molecule has 4 rings (SSSR count). The minimum Gasteiger partial charge on any atom is -0.300 e. The molecule has 1 aromatic heterocycles. The van der Waals surface area contributed by atoms with Crippen LogP contribution < -0.4 is 0 Å². The lowest BCUT2D eigenvalue weighted by Gasteiger charge is -2.36.